The number of hydrazone groups is 1. The van der Waals surface area contributed by atoms with E-state index in [9.17, 15) is 19.5 Å². The number of carbonyl (C=O) groups excluding carboxylic acids is 3. The normalized spacial score (nSPS) is 26.6. The molecule has 1 N–H and O–H groups in total. The number of likely N-dealkylation sites (tertiary alicyclic amines) is 1. The first-order valence-electron chi connectivity index (χ1n) is 17.4. The average Bonchev–Trinajstić information content (AvgIpc) is 3.76. The number of benzene rings is 3. The molecule has 3 aromatic rings. The van der Waals surface area contributed by atoms with Gasteiger partial charge in [-0.05, 0) is 67.4 Å². The predicted octanol–water partition coefficient (Wildman–Crippen LogP) is 6.57. The summed E-state index contributed by atoms with van der Waals surface area (Å²) < 4.78 is 23.1. The fourth-order valence-corrected chi connectivity index (χ4v) is 11.2. The number of aliphatic hydroxyl groups excluding tert-OH is 1. The minimum atomic E-state index is -3.50. The Morgan fingerprint density at radius 3 is 2.60 bits per heavy atom. The molecular weight excluding hydrogens is 675 g/mol. The second kappa shape index (κ2) is 13.3. The van der Waals surface area contributed by atoms with Crippen molar-refractivity contribution in [2.45, 2.75) is 82.0 Å². The lowest BCUT2D eigenvalue weighted by Crippen LogP contribution is -2.45. The summed E-state index contributed by atoms with van der Waals surface area (Å²) in [4.78, 5) is 44.8. The monoisotopic (exact) mass is 716 g/mol. The van der Waals surface area contributed by atoms with Crippen LogP contribution in [0, 0.1) is 5.92 Å². The third-order valence-electron chi connectivity index (χ3n) is 10.8. The predicted molar refractivity (Wildman–Crippen MR) is 193 cm³/mol. The maximum atomic E-state index is 16.3. The molecule has 0 saturated carbocycles. The minimum Gasteiger partial charge on any atom is -0.394 e. The molecule has 4 aliphatic rings. The molecular formula is C38H42ClFN4O5Si. The van der Waals surface area contributed by atoms with Gasteiger partial charge in [0.2, 0.25) is 20.2 Å². The molecule has 1 spiro atoms. The van der Waals surface area contributed by atoms with Crippen LogP contribution in [-0.4, -0.2) is 67.1 Å². The molecule has 0 aromatic heterocycles. The van der Waals surface area contributed by atoms with Crippen LogP contribution in [0.3, 0.4) is 0 Å². The number of anilines is 2. The van der Waals surface area contributed by atoms with Gasteiger partial charge in [0, 0.05) is 41.4 Å². The van der Waals surface area contributed by atoms with Gasteiger partial charge in [-0.3, -0.25) is 14.4 Å². The fourth-order valence-electron chi connectivity index (χ4n) is 8.58. The van der Waals surface area contributed by atoms with Crippen molar-refractivity contribution in [3.8, 4) is 0 Å². The van der Waals surface area contributed by atoms with Crippen LogP contribution in [-0.2, 0) is 31.3 Å². The van der Waals surface area contributed by atoms with Crippen molar-refractivity contribution in [2.75, 3.05) is 23.1 Å². The summed E-state index contributed by atoms with van der Waals surface area (Å²) in [6.07, 6.45) is 1.48. The van der Waals surface area contributed by atoms with Crippen LogP contribution in [0.4, 0.5) is 15.5 Å². The molecule has 3 aromatic carbocycles. The Morgan fingerprint density at radius 1 is 1.08 bits per heavy atom. The third kappa shape index (κ3) is 5.97. The summed E-state index contributed by atoms with van der Waals surface area (Å²) in [7, 11) is -3.50. The van der Waals surface area contributed by atoms with Crippen LogP contribution in [0.1, 0.15) is 55.7 Å². The second-order valence-electron chi connectivity index (χ2n) is 14.4. The molecule has 50 heavy (non-hydrogen) atoms. The number of aliphatic hydroxyl groups is 1. The van der Waals surface area contributed by atoms with Gasteiger partial charge in [0.05, 0.1) is 48.8 Å². The summed E-state index contributed by atoms with van der Waals surface area (Å²) in [6, 6.07) is 22.2. The zero-order valence-corrected chi connectivity index (χ0v) is 30.3. The molecule has 0 aliphatic carbocycles. The number of fused-ring (bicyclic) bond motifs is 2. The molecule has 5 atom stereocenters. The van der Waals surface area contributed by atoms with Crippen molar-refractivity contribution in [2.24, 2.45) is 11.0 Å². The molecule has 7 rings (SSSR count). The fraction of sp³-hybridized carbons (Fsp3) is 0.421. The molecule has 0 unspecified atom stereocenters. The van der Waals surface area contributed by atoms with Crippen LogP contribution < -0.4 is 9.91 Å². The largest absolute Gasteiger partial charge is 0.394 e. The van der Waals surface area contributed by atoms with Crippen LogP contribution in [0.2, 0.25) is 23.7 Å². The number of hydrogen-bond acceptors (Lipinski definition) is 6. The minimum absolute atomic E-state index is 0.0752. The van der Waals surface area contributed by atoms with Crippen molar-refractivity contribution in [1.29, 1.82) is 0 Å². The summed E-state index contributed by atoms with van der Waals surface area (Å²) in [5, 5.41) is 16.4. The molecule has 2 fully saturated rings. The Bertz CT molecular complexity index is 1850. The van der Waals surface area contributed by atoms with Crippen molar-refractivity contribution in [3.05, 3.63) is 94.5 Å². The number of carbonyl (C=O) groups is 3. The van der Waals surface area contributed by atoms with Crippen molar-refractivity contribution in [1.82, 2.24) is 4.90 Å². The zero-order chi connectivity index (χ0) is 35.4. The maximum absolute atomic E-state index is 16.3. The summed E-state index contributed by atoms with van der Waals surface area (Å²) in [6.45, 7) is 5.63. The van der Waals surface area contributed by atoms with E-state index in [2.05, 4.69) is 0 Å². The van der Waals surface area contributed by atoms with E-state index in [0.29, 0.717) is 47.8 Å². The molecule has 0 radical (unpaired) electrons. The van der Waals surface area contributed by atoms with Crippen molar-refractivity contribution >= 4 is 54.8 Å². The Kier molecular flexibility index (Phi) is 9.21. The molecule has 0 bridgehead atoms. The van der Waals surface area contributed by atoms with Gasteiger partial charge >= 0.3 is 0 Å². The number of amides is 3. The topological polar surface area (TPSA) is 103 Å². The lowest BCUT2D eigenvalue weighted by molar-refractivity contribution is -0.150. The number of rotatable bonds is 8. The Balaban J connectivity index is 1.21. The quantitative estimate of drug-likeness (QED) is 0.210. The number of ether oxygens (including phenoxy) is 1. The van der Waals surface area contributed by atoms with Gasteiger partial charge in [-0.25, -0.2) is 5.01 Å². The van der Waals surface area contributed by atoms with Gasteiger partial charge in [0.25, 0.3) is 5.91 Å². The van der Waals surface area contributed by atoms with E-state index in [1.54, 1.807) is 41.1 Å². The van der Waals surface area contributed by atoms with E-state index in [-0.39, 0.29) is 43.3 Å². The first-order chi connectivity index (χ1) is 23.9. The van der Waals surface area contributed by atoms with Gasteiger partial charge in [-0.15, -0.1) is 0 Å². The molecule has 4 aliphatic heterocycles. The van der Waals surface area contributed by atoms with Gasteiger partial charge in [-0.1, -0.05) is 61.0 Å². The summed E-state index contributed by atoms with van der Waals surface area (Å²) >= 11 is 6.54. The Hall–Kier alpha value is -3.90. The number of nitrogens with zero attached hydrogens (tertiary/aromatic N) is 4. The second-order valence-corrected chi connectivity index (χ2v) is 18.6. The van der Waals surface area contributed by atoms with E-state index in [1.807, 2.05) is 61.5 Å². The SMILES string of the molecule is C[C@H]1[C@H]([Si](C)(C)F)[C@@H](CC(=O)N2CCC[C@H]2CO)O[C@]12C(=O)N(Cc1cccc(N3N=C(c4ccccc4)CCC3=O)c1)c1ccc(Cl)cc12. The molecule has 12 heteroatoms. The van der Waals surface area contributed by atoms with Crippen LogP contribution >= 0.6 is 11.6 Å². The van der Waals surface area contributed by atoms with Gasteiger partial charge < -0.3 is 23.8 Å². The number of halogens is 2. The van der Waals surface area contributed by atoms with Gasteiger partial charge in [0.1, 0.15) is 0 Å². The summed E-state index contributed by atoms with van der Waals surface area (Å²) in [5.41, 5.74) is 2.13. The van der Waals surface area contributed by atoms with Crippen molar-refractivity contribution < 1.29 is 28.3 Å². The lowest BCUT2D eigenvalue weighted by Gasteiger charge is -2.31. The molecule has 262 valence electrons. The van der Waals surface area contributed by atoms with E-state index in [0.717, 1.165) is 23.3 Å². The lowest BCUT2D eigenvalue weighted by atomic mass is 9.82. The van der Waals surface area contributed by atoms with Crippen LogP contribution in [0.25, 0.3) is 0 Å². The molecule has 4 heterocycles. The van der Waals surface area contributed by atoms with Crippen LogP contribution in [0.5, 0.6) is 0 Å². The standard InChI is InChI=1S/C38H42ClFN4O5Si/c1-24-36(50(2,3)40)33(21-35(47)42-18-8-13-29(42)23-45)49-38(24)30-20-27(39)14-16-32(30)43(37(38)48)22-25-9-7-12-28(19-25)44-34(46)17-15-31(41-44)26-10-5-4-6-11-26/h4-7,9-12,14,16,19-20,24,29,33,36,45H,8,13,15,17-18,21-23H2,1-3H3/t24-,29-,33+,36-,38+/m0/s1. The Morgan fingerprint density at radius 2 is 1.86 bits per heavy atom. The highest BCUT2D eigenvalue weighted by Crippen LogP contribution is 2.60. The average molecular weight is 717 g/mol. The Labute approximate surface area is 297 Å². The highest BCUT2D eigenvalue weighted by Gasteiger charge is 2.67. The van der Waals surface area contributed by atoms with E-state index in [1.165, 1.54) is 5.01 Å². The summed E-state index contributed by atoms with van der Waals surface area (Å²) in [5.74, 6) is -1.24. The first kappa shape index (κ1) is 34.5. The maximum Gasteiger partial charge on any atom is 0.264 e. The van der Waals surface area contributed by atoms with Gasteiger partial charge in [0.15, 0.2) is 5.60 Å². The first-order valence-corrected chi connectivity index (χ1v) is 20.7. The van der Waals surface area contributed by atoms with E-state index < -0.39 is 31.6 Å². The smallest absolute Gasteiger partial charge is 0.264 e. The highest BCUT2D eigenvalue weighted by molar-refractivity contribution is 6.72. The third-order valence-corrected chi connectivity index (χ3v) is 13.5. The highest BCUT2D eigenvalue weighted by atomic mass is 35.5. The van der Waals surface area contributed by atoms with E-state index in [4.69, 9.17) is 21.4 Å². The van der Waals surface area contributed by atoms with Crippen LogP contribution in [0.15, 0.2) is 77.9 Å². The van der Waals surface area contributed by atoms with Crippen molar-refractivity contribution in [3.63, 3.8) is 0 Å². The molecule has 2 saturated heterocycles. The van der Waals surface area contributed by atoms with E-state index >= 15 is 4.11 Å². The molecule has 3 amide bonds. The number of hydrogen-bond donors (Lipinski definition) is 1. The zero-order valence-electron chi connectivity index (χ0n) is 28.5. The van der Waals surface area contributed by atoms with Gasteiger partial charge in [-0.2, -0.15) is 5.10 Å². The molecule has 9 nitrogen and oxygen atoms in total.